The van der Waals surface area contributed by atoms with E-state index >= 15 is 0 Å². The van der Waals surface area contributed by atoms with Gasteiger partial charge in [0, 0.05) is 12.4 Å². The van der Waals surface area contributed by atoms with Crippen LogP contribution in [0.3, 0.4) is 0 Å². The average Bonchev–Trinajstić information content (AvgIpc) is 1.91. The highest BCUT2D eigenvalue weighted by Crippen LogP contribution is 2.15. The Labute approximate surface area is 66.5 Å². The largest absolute Gasteiger partial charge is 0.408 e. The first kappa shape index (κ1) is 8.69. The third-order valence-corrected chi connectivity index (χ3v) is 1.14. The Hall–Kier alpha value is -1.40. The summed E-state index contributed by atoms with van der Waals surface area (Å²) in [7, 11) is 0. The number of nitrogens with one attached hydrogen (secondary N) is 3. The molecule has 0 aliphatic carbocycles. The van der Waals surface area contributed by atoms with E-state index in [-0.39, 0.29) is 5.96 Å². The fraction of sp³-hybridized carbons (Fsp3) is 0.400. The third-order valence-electron chi connectivity index (χ3n) is 1.14. The summed E-state index contributed by atoms with van der Waals surface area (Å²) in [4.78, 5) is 0. The summed E-state index contributed by atoms with van der Waals surface area (Å²) in [5.41, 5.74) is 2.27. The summed E-state index contributed by atoms with van der Waals surface area (Å²) in [6.07, 6.45) is -1.69. The number of hydrogen-bond donors (Lipinski definition) is 3. The molecule has 0 radical (unpaired) electrons. The summed E-state index contributed by atoms with van der Waals surface area (Å²) in [5, 5.41) is 10.0. The lowest BCUT2D eigenvalue weighted by Crippen LogP contribution is -2.52. The second kappa shape index (κ2) is 2.92. The van der Waals surface area contributed by atoms with Crippen molar-refractivity contribution in [1.29, 1.82) is 5.41 Å². The molecule has 0 aromatic rings. The number of alkyl halides is 3. The standard InChI is InChI=1S/C5H7F3N4/c6-5(7,8)3-12-4(9)10-1-2-11-12/h1-2,11H,3H2,(H2,9,10). The number of hydrazine groups is 1. The van der Waals surface area contributed by atoms with Crippen molar-refractivity contribution < 1.29 is 13.2 Å². The van der Waals surface area contributed by atoms with E-state index in [1.807, 2.05) is 0 Å². The molecule has 1 heterocycles. The maximum atomic E-state index is 11.8. The summed E-state index contributed by atoms with van der Waals surface area (Å²) < 4.78 is 35.3. The molecular weight excluding hydrogens is 173 g/mol. The van der Waals surface area contributed by atoms with Gasteiger partial charge in [0.15, 0.2) is 0 Å². The van der Waals surface area contributed by atoms with Gasteiger partial charge < -0.3 is 10.7 Å². The Bertz CT molecular complexity index is 209. The van der Waals surface area contributed by atoms with Crippen molar-refractivity contribution >= 4 is 5.96 Å². The third kappa shape index (κ3) is 2.33. The molecule has 4 nitrogen and oxygen atoms in total. The highest BCUT2D eigenvalue weighted by Gasteiger charge is 2.32. The highest BCUT2D eigenvalue weighted by molar-refractivity contribution is 5.78. The van der Waals surface area contributed by atoms with Crippen molar-refractivity contribution in [1.82, 2.24) is 15.8 Å². The van der Waals surface area contributed by atoms with Gasteiger partial charge in [-0.15, -0.1) is 0 Å². The molecular formula is C5H7F3N4. The lowest BCUT2D eigenvalue weighted by Gasteiger charge is -2.27. The topological polar surface area (TPSA) is 51.2 Å². The Morgan fingerprint density at radius 1 is 1.42 bits per heavy atom. The second-order valence-corrected chi connectivity index (χ2v) is 2.16. The summed E-state index contributed by atoms with van der Waals surface area (Å²) in [6.45, 7) is -1.19. The van der Waals surface area contributed by atoms with Crippen LogP contribution in [0.2, 0.25) is 0 Å². The molecule has 1 rings (SSSR count). The van der Waals surface area contributed by atoms with Gasteiger partial charge in [-0.3, -0.25) is 5.41 Å². The predicted molar refractivity (Wildman–Crippen MR) is 35.9 cm³/mol. The zero-order valence-corrected chi connectivity index (χ0v) is 5.94. The zero-order valence-electron chi connectivity index (χ0n) is 5.94. The Balaban J connectivity index is 2.52. The number of nitrogens with zero attached hydrogens (tertiary/aromatic N) is 1. The molecule has 0 amide bonds. The summed E-state index contributed by atoms with van der Waals surface area (Å²) in [6, 6.07) is 0. The molecule has 0 fully saturated rings. The van der Waals surface area contributed by atoms with Gasteiger partial charge in [-0.05, 0) is 0 Å². The fourth-order valence-electron chi connectivity index (χ4n) is 0.694. The first-order chi connectivity index (χ1) is 5.49. The normalized spacial score (nSPS) is 17.2. The SMILES string of the molecule is N=C1NC=CNN1CC(F)(F)F. The molecule has 1 aliphatic rings. The smallest absolute Gasteiger partial charge is 0.330 e. The summed E-state index contributed by atoms with van der Waals surface area (Å²) in [5.74, 6) is -0.324. The van der Waals surface area contributed by atoms with Gasteiger partial charge in [-0.25, -0.2) is 5.01 Å². The molecule has 0 aromatic heterocycles. The van der Waals surface area contributed by atoms with Crippen LogP contribution in [-0.4, -0.2) is 23.7 Å². The van der Waals surface area contributed by atoms with Crippen LogP contribution in [-0.2, 0) is 0 Å². The van der Waals surface area contributed by atoms with Crippen LogP contribution in [0.4, 0.5) is 13.2 Å². The Morgan fingerprint density at radius 2 is 2.08 bits per heavy atom. The van der Waals surface area contributed by atoms with Crippen LogP contribution in [0.15, 0.2) is 12.4 Å². The number of hydrogen-bond acceptors (Lipinski definition) is 2. The average molecular weight is 180 g/mol. The fourth-order valence-corrected chi connectivity index (χ4v) is 0.694. The van der Waals surface area contributed by atoms with Crippen LogP contribution in [0.25, 0.3) is 0 Å². The minimum Gasteiger partial charge on any atom is -0.330 e. The van der Waals surface area contributed by atoms with E-state index in [1.165, 1.54) is 12.4 Å². The van der Waals surface area contributed by atoms with Crippen LogP contribution in [0, 0.1) is 5.41 Å². The van der Waals surface area contributed by atoms with Gasteiger partial charge in [0.1, 0.15) is 6.54 Å². The molecule has 7 heteroatoms. The van der Waals surface area contributed by atoms with Gasteiger partial charge >= 0.3 is 6.18 Å². The van der Waals surface area contributed by atoms with Crippen LogP contribution in [0.5, 0.6) is 0 Å². The number of rotatable bonds is 1. The van der Waals surface area contributed by atoms with Crippen molar-refractivity contribution in [3.05, 3.63) is 12.4 Å². The quantitative estimate of drug-likeness (QED) is 0.546. The zero-order chi connectivity index (χ0) is 9.19. The van der Waals surface area contributed by atoms with E-state index in [2.05, 4.69) is 10.7 Å². The van der Waals surface area contributed by atoms with E-state index in [1.54, 1.807) is 0 Å². The molecule has 68 valence electrons. The summed E-state index contributed by atoms with van der Waals surface area (Å²) >= 11 is 0. The maximum absolute atomic E-state index is 11.8. The first-order valence-corrected chi connectivity index (χ1v) is 3.09. The minimum atomic E-state index is -4.31. The molecule has 0 saturated heterocycles. The molecule has 0 atom stereocenters. The van der Waals surface area contributed by atoms with Crippen molar-refractivity contribution in [2.45, 2.75) is 6.18 Å². The molecule has 3 N–H and O–H groups in total. The van der Waals surface area contributed by atoms with Gasteiger partial charge in [0.2, 0.25) is 5.96 Å². The second-order valence-electron chi connectivity index (χ2n) is 2.16. The van der Waals surface area contributed by atoms with E-state index in [0.717, 1.165) is 0 Å². The van der Waals surface area contributed by atoms with Gasteiger partial charge in [0.25, 0.3) is 0 Å². The van der Waals surface area contributed by atoms with Crippen LogP contribution >= 0.6 is 0 Å². The van der Waals surface area contributed by atoms with Crippen molar-refractivity contribution in [3.63, 3.8) is 0 Å². The van der Waals surface area contributed by atoms with E-state index < -0.39 is 12.7 Å². The van der Waals surface area contributed by atoms with Gasteiger partial charge in [-0.2, -0.15) is 13.2 Å². The van der Waals surface area contributed by atoms with Crippen LogP contribution in [0.1, 0.15) is 0 Å². The molecule has 1 aliphatic heterocycles. The molecule has 0 bridgehead atoms. The lowest BCUT2D eigenvalue weighted by atomic mass is 10.6. The monoisotopic (exact) mass is 180 g/mol. The molecule has 0 unspecified atom stereocenters. The van der Waals surface area contributed by atoms with E-state index in [9.17, 15) is 13.2 Å². The Kier molecular flexibility index (Phi) is 2.11. The first-order valence-electron chi connectivity index (χ1n) is 3.09. The van der Waals surface area contributed by atoms with Crippen LogP contribution < -0.4 is 10.7 Å². The molecule has 0 saturated carbocycles. The highest BCUT2D eigenvalue weighted by atomic mass is 19.4. The van der Waals surface area contributed by atoms with Gasteiger partial charge in [-0.1, -0.05) is 0 Å². The molecule has 0 spiro atoms. The minimum absolute atomic E-state index is 0.324. The van der Waals surface area contributed by atoms with Gasteiger partial charge in [0.05, 0.1) is 0 Å². The molecule has 0 aromatic carbocycles. The predicted octanol–water partition coefficient (Wildman–Crippen LogP) is 0.364. The Morgan fingerprint density at radius 3 is 2.58 bits per heavy atom. The molecule has 12 heavy (non-hydrogen) atoms. The van der Waals surface area contributed by atoms with E-state index in [4.69, 9.17) is 5.41 Å². The van der Waals surface area contributed by atoms with Crippen molar-refractivity contribution in [2.75, 3.05) is 6.54 Å². The number of guanidine groups is 1. The number of halogens is 3. The van der Waals surface area contributed by atoms with Crippen molar-refractivity contribution in [3.8, 4) is 0 Å². The van der Waals surface area contributed by atoms with Crippen molar-refractivity contribution in [2.24, 2.45) is 0 Å². The lowest BCUT2D eigenvalue weighted by molar-refractivity contribution is -0.141. The van der Waals surface area contributed by atoms with E-state index in [0.29, 0.717) is 5.01 Å². The maximum Gasteiger partial charge on any atom is 0.408 e.